The van der Waals surface area contributed by atoms with Gasteiger partial charge in [0.25, 0.3) is 0 Å². The first kappa shape index (κ1) is 11.1. The van der Waals surface area contributed by atoms with Gasteiger partial charge in [0.1, 0.15) is 5.75 Å². The van der Waals surface area contributed by atoms with Crippen LogP contribution in [0.4, 0.5) is 0 Å². The minimum absolute atomic E-state index is 0.328. The van der Waals surface area contributed by atoms with E-state index in [0.29, 0.717) is 0 Å². The molecule has 14 heavy (non-hydrogen) atoms. The van der Waals surface area contributed by atoms with Gasteiger partial charge in [0.2, 0.25) is 0 Å². The van der Waals surface area contributed by atoms with Crippen LogP contribution in [0.3, 0.4) is 0 Å². The van der Waals surface area contributed by atoms with Crippen molar-refractivity contribution in [1.29, 1.82) is 0 Å². The molecule has 1 aromatic carbocycles. The van der Waals surface area contributed by atoms with Crippen LogP contribution in [0.2, 0.25) is 0 Å². The summed E-state index contributed by atoms with van der Waals surface area (Å²) in [6.07, 6.45) is 5.50. The Morgan fingerprint density at radius 3 is 2.57 bits per heavy atom. The molecule has 0 spiro atoms. The Kier molecular flexibility index (Phi) is 3.23. The molecule has 0 aromatic heterocycles. The van der Waals surface area contributed by atoms with E-state index in [9.17, 15) is 0 Å². The molecule has 0 saturated carbocycles. The summed E-state index contributed by atoms with van der Waals surface area (Å²) in [4.78, 5) is 0. The molecule has 0 radical (unpaired) electrons. The van der Waals surface area contributed by atoms with Gasteiger partial charge in [0.15, 0.2) is 0 Å². The molecule has 2 heteroatoms. The standard InChI is InChI=1S/C12H13BrO/c1-5-12(2,3)11-9(13)7-6-8-10(11)14-4/h1,6-8H,2-4H3. The van der Waals surface area contributed by atoms with E-state index in [0.717, 1.165) is 15.8 Å². The van der Waals surface area contributed by atoms with Crippen LogP contribution in [0.25, 0.3) is 0 Å². The molecule has 1 nitrogen and oxygen atoms in total. The highest BCUT2D eigenvalue weighted by atomic mass is 79.9. The molecule has 0 aliphatic rings. The number of halogens is 1. The van der Waals surface area contributed by atoms with Crippen molar-refractivity contribution in [2.24, 2.45) is 0 Å². The highest BCUT2D eigenvalue weighted by Gasteiger charge is 2.24. The van der Waals surface area contributed by atoms with Crippen molar-refractivity contribution in [2.75, 3.05) is 7.11 Å². The van der Waals surface area contributed by atoms with Crippen LogP contribution in [0.15, 0.2) is 22.7 Å². The third-order valence-electron chi connectivity index (χ3n) is 2.18. The molecule has 1 rings (SSSR count). The van der Waals surface area contributed by atoms with Gasteiger partial charge in [0.05, 0.1) is 12.5 Å². The van der Waals surface area contributed by atoms with E-state index in [2.05, 4.69) is 21.9 Å². The van der Waals surface area contributed by atoms with Crippen LogP contribution in [-0.2, 0) is 5.41 Å². The quantitative estimate of drug-likeness (QED) is 0.734. The van der Waals surface area contributed by atoms with Crippen molar-refractivity contribution in [3.05, 3.63) is 28.2 Å². The maximum absolute atomic E-state index is 5.50. The fourth-order valence-corrected chi connectivity index (χ4v) is 2.20. The van der Waals surface area contributed by atoms with Crippen LogP contribution in [0, 0.1) is 12.3 Å². The Hall–Kier alpha value is -0.940. The van der Waals surface area contributed by atoms with Gasteiger partial charge in [0, 0.05) is 10.0 Å². The molecule has 0 aliphatic carbocycles. The van der Waals surface area contributed by atoms with Crippen LogP contribution >= 0.6 is 15.9 Å². The molecule has 0 aliphatic heterocycles. The maximum Gasteiger partial charge on any atom is 0.124 e. The van der Waals surface area contributed by atoms with Gasteiger partial charge >= 0.3 is 0 Å². The minimum atomic E-state index is -0.328. The summed E-state index contributed by atoms with van der Waals surface area (Å²) in [6.45, 7) is 3.99. The van der Waals surface area contributed by atoms with Gasteiger partial charge in [-0.2, -0.15) is 0 Å². The van der Waals surface area contributed by atoms with Crippen molar-refractivity contribution in [3.63, 3.8) is 0 Å². The van der Waals surface area contributed by atoms with Crippen molar-refractivity contribution in [2.45, 2.75) is 19.3 Å². The molecule has 0 unspecified atom stereocenters. The summed E-state index contributed by atoms with van der Waals surface area (Å²) >= 11 is 3.49. The predicted molar refractivity (Wildman–Crippen MR) is 62.6 cm³/mol. The number of benzene rings is 1. The third-order valence-corrected chi connectivity index (χ3v) is 2.84. The van der Waals surface area contributed by atoms with Crippen molar-refractivity contribution >= 4 is 15.9 Å². The number of ether oxygens (including phenoxy) is 1. The lowest BCUT2D eigenvalue weighted by molar-refractivity contribution is 0.402. The van der Waals surface area contributed by atoms with Crippen molar-refractivity contribution in [1.82, 2.24) is 0 Å². The number of rotatable bonds is 2. The van der Waals surface area contributed by atoms with E-state index < -0.39 is 0 Å². The lowest BCUT2D eigenvalue weighted by Crippen LogP contribution is -2.16. The normalized spacial score (nSPS) is 10.8. The maximum atomic E-state index is 5.50. The van der Waals surface area contributed by atoms with Gasteiger partial charge in [-0.1, -0.05) is 27.9 Å². The Bertz CT molecular complexity index is 374. The second-order valence-electron chi connectivity index (χ2n) is 3.59. The zero-order valence-electron chi connectivity index (χ0n) is 8.60. The van der Waals surface area contributed by atoms with E-state index in [1.165, 1.54) is 0 Å². The first-order chi connectivity index (χ1) is 6.53. The molecule has 0 atom stereocenters. The Morgan fingerprint density at radius 1 is 1.43 bits per heavy atom. The van der Waals surface area contributed by atoms with Crippen LogP contribution in [0.1, 0.15) is 19.4 Å². The summed E-state index contributed by atoms with van der Waals surface area (Å²) in [5.41, 5.74) is 0.691. The van der Waals surface area contributed by atoms with Gasteiger partial charge in [-0.05, 0) is 26.0 Å². The summed E-state index contributed by atoms with van der Waals surface area (Å²) < 4.78 is 6.27. The SMILES string of the molecule is C#CC(C)(C)c1c(Br)cccc1OC. The third kappa shape index (κ3) is 1.93. The molecule has 1 aromatic rings. The van der Waals surface area contributed by atoms with Crippen molar-refractivity contribution < 1.29 is 4.74 Å². The molecule has 0 N–H and O–H groups in total. The monoisotopic (exact) mass is 252 g/mol. The molecule has 0 bridgehead atoms. The first-order valence-electron chi connectivity index (χ1n) is 4.33. The average Bonchev–Trinajstić information content (AvgIpc) is 2.17. The fraction of sp³-hybridized carbons (Fsp3) is 0.333. The lowest BCUT2D eigenvalue weighted by Gasteiger charge is -2.22. The van der Waals surface area contributed by atoms with E-state index in [-0.39, 0.29) is 5.41 Å². The zero-order chi connectivity index (χ0) is 10.8. The van der Waals surface area contributed by atoms with Gasteiger partial charge < -0.3 is 4.74 Å². The molecular weight excluding hydrogens is 240 g/mol. The van der Waals surface area contributed by atoms with Crippen LogP contribution < -0.4 is 4.74 Å². The predicted octanol–water partition coefficient (Wildman–Crippen LogP) is 3.37. The second kappa shape index (κ2) is 4.06. The zero-order valence-corrected chi connectivity index (χ0v) is 10.2. The lowest BCUT2D eigenvalue weighted by atomic mass is 9.85. The molecule has 0 amide bonds. The highest BCUT2D eigenvalue weighted by molar-refractivity contribution is 9.10. The fourth-order valence-electron chi connectivity index (χ4n) is 1.35. The number of hydrogen-bond acceptors (Lipinski definition) is 1. The molecule has 0 heterocycles. The summed E-state index contributed by atoms with van der Waals surface area (Å²) in [7, 11) is 1.65. The van der Waals surface area contributed by atoms with E-state index >= 15 is 0 Å². The number of hydrogen-bond donors (Lipinski definition) is 0. The first-order valence-corrected chi connectivity index (χ1v) is 5.13. The van der Waals surface area contributed by atoms with Gasteiger partial charge in [-0.3, -0.25) is 0 Å². The van der Waals surface area contributed by atoms with E-state index in [1.807, 2.05) is 32.0 Å². The summed E-state index contributed by atoms with van der Waals surface area (Å²) in [5, 5.41) is 0. The molecule has 74 valence electrons. The minimum Gasteiger partial charge on any atom is -0.496 e. The highest BCUT2D eigenvalue weighted by Crippen LogP contribution is 2.36. The van der Waals surface area contributed by atoms with E-state index in [1.54, 1.807) is 7.11 Å². The van der Waals surface area contributed by atoms with Gasteiger partial charge in [-0.25, -0.2) is 0 Å². The summed E-state index contributed by atoms with van der Waals surface area (Å²) in [6, 6.07) is 5.81. The Morgan fingerprint density at radius 2 is 2.07 bits per heavy atom. The molecule has 0 fully saturated rings. The van der Waals surface area contributed by atoms with Gasteiger partial charge in [-0.15, -0.1) is 6.42 Å². The van der Waals surface area contributed by atoms with Crippen LogP contribution in [0.5, 0.6) is 5.75 Å². The number of methoxy groups -OCH3 is 1. The number of terminal acetylenes is 1. The van der Waals surface area contributed by atoms with Crippen molar-refractivity contribution in [3.8, 4) is 18.1 Å². The Labute approximate surface area is 93.6 Å². The Balaban J connectivity index is 3.40. The smallest absolute Gasteiger partial charge is 0.124 e. The van der Waals surface area contributed by atoms with Crippen LogP contribution in [-0.4, -0.2) is 7.11 Å². The average molecular weight is 253 g/mol. The van der Waals surface area contributed by atoms with E-state index in [4.69, 9.17) is 11.2 Å². The topological polar surface area (TPSA) is 9.23 Å². The molecule has 0 saturated heterocycles. The largest absolute Gasteiger partial charge is 0.496 e. The summed E-state index contributed by atoms with van der Waals surface area (Å²) in [5.74, 6) is 3.58. The second-order valence-corrected chi connectivity index (χ2v) is 4.44. The molecular formula is C12H13BrO.